The Bertz CT molecular complexity index is 447. The second kappa shape index (κ2) is 6.17. The highest BCUT2D eigenvalue weighted by Gasteiger charge is 2.26. The molecule has 1 unspecified atom stereocenters. The molecule has 1 atom stereocenters. The Morgan fingerprint density at radius 2 is 2.17 bits per heavy atom. The zero-order valence-electron chi connectivity index (χ0n) is 10.8. The summed E-state index contributed by atoms with van der Waals surface area (Å²) in [4.78, 5) is 1.34. The van der Waals surface area contributed by atoms with Crippen molar-refractivity contribution in [3.05, 3.63) is 22.4 Å². The summed E-state index contributed by atoms with van der Waals surface area (Å²) >= 11 is 1.76. The van der Waals surface area contributed by atoms with Gasteiger partial charge >= 0.3 is 0 Å². The van der Waals surface area contributed by atoms with Crippen LogP contribution in [0.15, 0.2) is 17.5 Å². The fourth-order valence-electron chi connectivity index (χ4n) is 2.66. The number of nitrogens with one attached hydrogen (secondary N) is 1. The van der Waals surface area contributed by atoms with Crippen molar-refractivity contribution in [2.24, 2.45) is 5.92 Å². The maximum Gasteiger partial charge on any atom is 0.148 e. The van der Waals surface area contributed by atoms with Crippen molar-refractivity contribution >= 4 is 21.2 Å². The van der Waals surface area contributed by atoms with Gasteiger partial charge in [0.2, 0.25) is 0 Å². The van der Waals surface area contributed by atoms with Crippen LogP contribution in [0.5, 0.6) is 0 Å². The molecule has 0 amide bonds. The van der Waals surface area contributed by atoms with Crippen LogP contribution in [0.25, 0.3) is 0 Å². The van der Waals surface area contributed by atoms with E-state index in [0.29, 0.717) is 18.5 Å². The first-order chi connectivity index (χ1) is 8.56. The van der Waals surface area contributed by atoms with Crippen molar-refractivity contribution in [1.29, 1.82) is 0 Å². The summed E-state index contributed by atoms with van der Waals surface area (Å²) in [5.74, 6) is 0.893. The van der Waals surface area contributed by atoms with Crippen LogP contribution in [-0.4, -0.2) is 27.0 Å². The summed E-state index contributed by atoms with van der Waals surface area (Å²) in [5.41, 5.74) is 0. The van der Waals surface area contributed by atoms with Crippen LogP contribution in [0.4, 0.5) is 0 Å². The molecule has 1 N–H and O–H groups in total. The van der Waals surface area contributed by atoms with E-state index < -0.39 is 9.84 Å². The molecule has 1 heterocycles. The highest BCUT2D eigenvalue weighted by Crippen LogP contribution is 2.37. The van der Waals surface area contributed by atoms with Crippen molar-refractivity contribution < 1.29 is 8.42 Å². The highest BCUT2D eigenvalue weighted by atomic mass is 32.2. The second-order valence-corrected chi connectivity index (χ2v) is 8.36. The number of hydrogen-bond donors (Lipinski definition) is 1. The van der Waals surface area contributed by atoms with Gasteiger partial charge in [-0.3, -0.25) is 0 Å². The van der Waals surface area contributed by atoms with Gasteiger partial charge in [-0.25, -0.2) is 8.42 Å². The van der Waals surface area contributed by atoms with Gasteiger partial charge in [-0.1, -0.05) is 18.9 Å². The van der Waals surface area contributed by atoms with Crippen LogP contribution in [0.1, 0.15) is 36.6 Å². The lowest BCUT2D eigenvalue weighted by Crippen LogP contribution is -2.30. The maximum absolute atomic E-state index is 11.2. The standard InChI is InChI=1S/C13H21NO2S2/c1-18(15,16)10-8-14-13(11-5-2-3-6-11)12-7-4-9-17-12/h4,7,9,11,13-14H,2-3,5-6,8,10H2,1H3. The lowest BCUT2D eigenvalue weighted by Gasteiger charge is -2.23. The first-order valence-corrected chi connectivity index (χ1v) is 9.45. The molecule has 0 saturated heterocycles. The summed E-state index contributed by atoms with van der Waals surface area (Å²) < 4.78 is 22.4. The summed E-state index contributed by atoms with van der Waals surface area (Å²) in [6.45, 7) is 0.553. The molecule has 2 rings (SSSR count). The third kappa shape index (κ3) is 4.07. The van der Waals surface area contributed by atoms with E-state index in [4.69, 9.17) is 0 Å². The molecule has 1 fully saturated rings. The van der Waals surface area contributed by atoms with E-state index >= 15 is 0 Å². The van der Waals surface area contributed by atoms with Crippen LogP contribution in [0.3, 0.4) is 0 Å². The van der Waals surface area contributed by atoms with Crippen LogP contribution in [0, 0.1) is 5.92 Å². The lowest BCUT2D eigenvalue weighted by atomic mass is 9.97. The summed E-state index contributed by atoms with van der Waals surface area (Å²) in [7, 11) is -2.87. The molecule has 0 spiro atoms. The number of sulfone groups is 1. The van der Waals surface area contributed by atoms with Gasteiger partial charge in [0.1, 0.15) is 9.84 Å². The summed E-state index contributed by atoms with van der Waals surface area (Å²) in [6.07, 6.45) is 6.42. The molecule has 1 aromatic rings. The molecule has 0 bridgehead atoms. The molecular weight excluding hydrogens is 266 g/mol. The Balaban J connectivity index is 1.97. The topological polar surface area (TPSA) is 46.2 Å². The number of rotatable bonds is 6. The largest absolute Gasteiger partial charge is 0.308 e. The molecule has 18 heavy (non-hydrogen) atoms. The van der Waals surface area contributed by atoms with Crippen molar-refractivity contribution in [3.8, 4) is 0 Å². The van der Waals surface area contributed by atoms with Gasteiger partial charge in [0.25, 0.3) is 0 Å². The molecule has 1 aliphatic carbocycles. The van der Waals surface area contributed by atoms with Gasteiger partial charge in [-0.2, -0.15) is 0 Å². The third-order valence-corrected chi connectivity index (χ3v) is 5.46. The zero-order chi connectivity index (χ0) is 13.0. The van der Waals surface area contributed by atoms with Gasteiger partial charge in [0.15, 0.2) is 0 Å². The highest BCUT2D eigenvalue weighted by molar-refractivity contribution is 7.90. The Hall–Kier alpha value is -0.390. The predicted octanol–water partition coefficient (Wildman–Crippen LogP) is 2.61. The van der Waals surface area contributed by atoms with E-state index in [2.05, 4.69) is 22.8 Å². The van der Waals surface area contributed by atoms with E-state index in [1.54, 1.807) is 11.3 Å². The van der Waals surface area contributed by atoms with E-state index in [9.17, 15) is 8.42 Å². The maximum atomic E-state index is 11.2. The third-order valence-electron chi connectivity index (χ3n) is 3.56. The minimum Gasteiger partial charge on any atom is -0.308 e. The van der Waals surface area contributed by atoms with E-state index in [1.807, 2.05) is 0 Å². The first-order valence-electron chi connectivity index (χ1n) is 6.51. The predicted molar refractivity (Wildman–Crippen MR) is 76.7 cm³/mol. The Morgan fingerprint density at radius 3 is 2.72 bits per heavy atom. The molecule has 0 radical (unpaired) electrons. The van der Waals surface area contributed by atoms with Gasteiger partial charge in [-0.15, -0.1) is 11.3 Å². The smallest absolute Gasteiger partial charge is 0.148 e. The Kier molecular flexibility index (Phi) is 4.81. The second-order valence-electron chi connectivity index (χ2n) is 5.12. The van der Waals surface area contributed by atoms with Gasteiger partial charge in [0.05, 0.1) is 5.75 Å². The molecule has 1 saturated carbocycles. The fourth-order valence-corrected chi connectivity index (χ4v) is 4.04. The van der Waals surface area contributed by atoms with Crippen LogP contribution >= 0.6 is 11.3 Å². The van der Waals surface area contributed by atoms with Crippen LogP contribution < -0.4 is 5.32 Å². The first kappa shape index (κ1) is 14.0. The quantitative estimate of drug-likeness (QED) is 0.875. The van der Waals surface area contributed by atoms with Crippen molar-refractivity contribution in [3.63, 3.8) is 0 Å². The molecule has 0 aromatic carbocycles. The van der Waals surface area contributed by atoms with E-state index in [1.165, 1.54) is 36.8 Å². The molecular formula is C13H21NO2S2. The van der Waals surface area contributed by atoms with Gasteiger partial charge in [0, 0.05) is 23.7 Å². The average Bonchev–Trinajstić information content (AvgIpc) is 2.96. The lowest BCUT2D eigenvalue weighted by molar-refractivity contribution is 0.379. The fraction of sp³-hybridized carbons (Fsp3) is 0.692. The molecule has 3 nitrogen and oxygen atoms in total. The molecule has 1 aromatic heterocycles. The van der Waals surface area contributed by atoms with E-state index in [0.717, 1.165) is 0 Å². The van der Waals surface area contributed by atoms with Crippen molar-refractivity contribution in [1.82, 2.24) is 5.32 Å². The van der Waals surface area contributed by atoms with E-state index in [-0.39, 0.29) is 5.75 Å². The molecule has 0 aliphatic heterocycles. The molecule has 1 aliphatic rings. The molecule has 102 valence electrons. The number of hydrogen-bond acceptors (Lipinski definition) is 4. The van der Waals surface area contributed by atoms with Crippen LogP contribution in [0.2, 0.25) is 0 Å². The SMILES string of the molecule is CS(=O)(=O)CCNC(c1cccs1)C1CCCC1. The Morgan fingerprint density at radius 1 is 1.44 bits per heavy atom. The average molecular weight is 287 g/mol. The zero-order valence-corrected chi connectivity index (χ0v) is 12.4. The summed E-state index contributed by atoms with van der Waals surface area (Å²) in [5, 5.41) is 5.54. The summed E-state index contributed by atoms with van der Waals surface area (Å²) in [6, 6.07) is 4.57. The minimum absolute atomic E-state index is 0.224. The van der Waals surface area contributed by atoms with Crippen molar-refractivity contribution in [2.75, 3.05) is 18.6 Å². The Labute approximate surface area is 114 Å². The normalized spacial score (nSPS) is 19.2. The van der Waals surface area contributed by atoms with Crippen molar-refractivity contribution in [2.45, 2.75) is 31.7 Å². The monoisotopic (exact) mass is 287 g/mol. The van der Waals surface area contributed by atoms with Gasteiger partial charge in [-0.05, 0) is 30.2 Å². The minimum atomic E-state index is -2.87. The van der Waals surface area contributed by atoms with Crippen LogP contribution in [-0.2, 0) is 9.84 Å². The van der Waals surface area contributed by atoms with Gasteiger partial charge < -0.3 is 5.32 Å². The molecule has 5 heteroatoms. The number of thiophene rings is 1.